The summed E-state index contributed by atoms with van der Waals surface area (Å²) >= 11 is 6.12. The molecule has 0 radical (unpaired) electrons. The maximum Gasteiger partial charge on any atom is 0.255 e. The lowest BCUT2D eigenvalue weighted by molar-refractivity contribution is -0.137. The molecular weight excluding hydrogens is 498 g/mol. The van der Waals surface area contributed by atoms with Gasteiger partial charge in [0.25, 0.3) is 5.91 Å². The van der Waals surface area contributed by atoms with Crippen molar-refractivity contribution in [1.82, 2.24) is 20.4 Å². The number of nitrogens with one attached hydrogen (secondary N) is 2. The lowest BCUT2D eigenvalue weighted by atomic mass is 9.96. The number of hydrogen-bond donors (Lipinski definition) is 3. The molecule has 0 aromatic heterocycles. The Balaban J connectivity index is 1.69. The minimum Gasteiger partial charge on any atom is -0.491 e. The topological polar surface area (TPSA) is 134 Å². The van der Waals surface area contributed by atoms with E-state index in [1.54, 1.807) is 23.1 Å². The van der Waals surface area contributed by atoms with Crippen LogP contribution in [0.15, 0.2) is 18.2 Å². The second kappa shape index (κ2) is 13.6. The van der Waals surface area contributed by atoms with Crippen molar-refractivity contribution < 1.29 is 23.9 Å². The van der Waals surface area contributed by atoms with E-state index in [0.717, 1.165) is 0 Å². The Bertz CT molecular complexity index is 980. The number of piperidine rings is 1. The zero-order chi connectivity index (χ0) is 26.9. The molecule has 3 rings (SSSR count). The molecule has 2 heterocycles. The van der Waals surface area contributed by atoms with Gasteiger partial charge in [0.2, 0.25) is 17.7 Å². The van der Waals surface area contributed by atoms with E-state index >= 15 is 0 Å². The zero-order valence-corrected chi connectivity index (χ0v) is 22.4. The minimum absolute atomic E-state index is 0.0555. The number of carbonyl (C=O) groups excluding carboxylic acids is 4. The number of ether oxygens (including phenoxy) is 1. The molecule has 0 spiro atoms. The smallest absolute Gasteiger partial charge is 0.255 e. The van der Waals surface area contributed by atoms with Crippen molar-refractivity contribution in [1.29, 1.82) is 0 Å². The Hall–Kier alpha value is -2.85. The monoisotopic (exact) mass is 535 g/mol. The number of amides is 4. The van der Waals surface area contributed by atoms with Crippen LogP contribution in [-0.2, 0) is 14.4 Å². The summed E-state index contributed by atoms with van der Waals surface area (Å²) in [7, 11) is 0. The largest absolute Gasteiger partial charge is 0.491 e. The summed E-state index contributed by atoms with van der Waals surface area (Å²) in [6.45, 7) is 6.26. The van der Waals surface area contributed by atoms with Crippen LogP contribution in [0.3, 0.4) is 0 Å². The molecule has 10 nitrogen and oxygen atoms in total. The Morgan fingerprint density at radius 1 is 1.16 bits per heavy atom. The molecule has 0 aliphatic carbocycles. The van der Waals surface area contributed by atoms with E-state index in [1.165, 1.54) is 0 Å². The lowest BCUT2D eigenvalue weighted by Gasteiger charge is -2.32. The van der Waals surface area contributed by atoms with Crippen molar-refractivity contribution in [3.05, 3.63) is 28.8 Å². The van der Waals surface area contributed by atoms with Crippen LogP contribution in [0.1, 0.15) is 49.9 Å². The number of hydrogen-bond acceptors (Lipinski definition) is 6. The third kappa shape index (κ3) is 8.60. The van der Waals surface area contributed by atoms with Crippen LogP contribution in [0.2, 0.25) is 5.02 Å². The first kappa shape index (κ1) is 28.7. The van der Waals surface area contributed by atoms with Crippen molar-refractivity contribution in [3.8, 4) is 5.75 Å². The van der Waals surface area contributed by atoms with Gasteiger partial charge >= 0.3 is 0 Å². The van der Waals surface area contributed by atoms with Crippen molar-refractivity contribution in [2.75, 3.05) is 45.9 Å². The zero-order valence-electron chi connectivity index (χ0n) is 21.6. The molecular formula is C26H38ClN5O5. The number of carbonyl (C=O) groups is 4. The third-order valence-electron chi connectivity index (χ3n) is 6.93. The first-order valence-corrected chi connectivity index (χ1v) is 13.3. The molecule has 11 heteroatoms. The summed E-state index contributed by atoms with van der Waals surface area (Å²) in [6.07, 6.45) is 2.51. The van der Waals surface area contributed by atoms with Crippen LogP contribution in [-0.4, -0.2) is 85.3 Å². The number of likely N-dealkylation sites (tertiary alicyclic amines) is 1. The Labute approximate surface area is 223 Å². The van der Waals surface area contributed by atoms with Gasteiger partial charge in [0, 0.05) is 24.0 Å². The Kier molecular flexibility index (Phi) is 10.6. The van der Waals surface area contributed by atoms with Gasteiger partial charge in [-0.1, -0.05) is 25.4 Å². The molecule has 1 atom stereocenters. The van der Waals surface area contributed by atoms with E-state index in [4.69, 9.17) is 22.1 Å². The van der Waals surface area contributed by atoms with Gasteiger partial charge < -0.3 is 26.0 Å². The molecule has 37 heavy (non-hydrogen) atoms. The molecule has 204 valence electrons. The van der Waals surface area contributed by atoms with Crippen LogP contribution in [0.4, 0.5) is 0 Å². The molecule has 0 saturated carbocycles. The standard InChI is InChI=1S/C26H38ClN5O5/c1-17(2)21-16-37-22-6-5-19(27)13-20(22)26(36)29-9-3-4-10-32(14-23(33)30-21)24(34)15-31-11-7-18(8-12-31)25(28)35/h5-6,13,17-18,21H,3-4,7-12,14-16H2,1-2H3,(H2,28,35)(H,29,36)(H,30,33)/t21-/m1/s1. The van der Waals surface area contributed by atoms with Crippen LogP contribution in [0.5, 0.6) is 5.75 Å². The van der Waals surface area contributed by atoms with Gasteiger partial charge in [-0.2, -0.15) is 0 Å². The summed E-state index contributed by atoms with van der Waals surface area (Å²) in [6, 6.07) is 4.56. The van der Waals surface area contributed by atoms with Crippen LogP contribution in [0.25, 0.3) is 0 Å². The van der Waals surface area contributed by atoms with E-state index in [1.807, 2.05) is 18.7 Å². The van der Waals surface area contributed by atoms with Crippen LogP contribution in [0, 0.1) is 11.8 Å². The van der Waals surface area contributed by atoms with Gasteiger partial charge in [-0.15, -0.1) is 0 Å². The quantitative estimate of drug-likeness (QED) is 0.533. The van der Waals surface area contributed by atoms with Gasteiger partial charge in [-0.05, 0) is 62.9 Å². The van der Waals surface area contributed by atoms with E-state index in [2.05, 4.69) is 10.6 Å². The highest BCUT2D eigenvalue weighted by Crippen LogP contribution is 2.24. The van der Waals surface area contributed by atoms with Gasteiger partial charge in [0.15, 0.2) is 0 Å². The number of benzene rings is 1. The number of nitrogens with zero attached hydrogens (tertiary/aromatic N) is 2. The van der Waals surface area contributed by atoms with Crippen molar-refractivity contribution in [2.24, 2.45) is 17.6 Å². The first-order valence-electron chi connectivity index (χ1n) is 12.9. The normalized spacial score (nSPS) is 21.2. The Morgan fingerprint density at radius 3 is 2.57 bits per heavy atom. The summed E-state index contributed by atoms with van der Waals surface area (Å²) in [5.41, 5.74) is 5.76. The molecule has 0 unspecified atom stereocenters. The maximum atomic E-state index is 13.2. The van der Waals surface area contributed by atoms with E-state index in [9.17, 15) is 19.2 Å². The number of halogens is 1. The summed E-state index contributed by atoms with van der Waals surface area (Å²) in [4.78, 5) is 54.0. The highest BCUT2D eigenvalue weighted by atomic mass is 35.5. The molecule has 1 fully saturated rings. The number of fused-ring (bicyclic) bond motifs is 1. The molecule has 4 amide bonds. The maximum absolute atomic E-state index is 13.2. The predicted octanol–water partition coefficient (Wildman–Crippen LogP) is 1.41. The number of primary amides is 1. The fourth-order valence-corrected chi connectivity index (χ4v) is 4.67. The van der Waals surface area contributed by atoms with E-state index < -0.39 is 0 Å². The SMILES string of the molecule is CC(C)[C@H]1COc2ccc(Cl)cc2C(=O)NCCCCN(C(=O)CN2CCC(C(N)=O)CC2)CC(=O)N1. The lowest BCUT2D eigenvalue weighted by Crippen LogP contribution is -2.50. The van der Waals surface area contributed by atoms with Crippen molar-refractivity contribution in [2.45, 2.75) is 45.6 Å². The van der Waals surface area contributed by atoms with Crippen LogP contribution < -0.4 is 21.1 Å². The molecule has 1 aromatic carbocycles. The molecule has 4 N–H and O–H groups in total. The second-order valence-electron chi connectivity index (χ2n) is 10.1. The molecule has 0 bridgehead atoms. The Morgan fingerprint density at radius 2 is 1.89 bits per heavy atom. The fraction of sp³-hybridized carbons (Fsp3) is 0.615. The molecule has 1 aromatic rings. The van der Waals surface area contributed by atoms with Crippen LogP contribution >= 0.6 is 11.6 Å². The second-order valence-corrected chi connectivity index (χ2v) is 10.5. The summed E-state index contributed by atoms with van der Waals surface area (Å²) in [5, 5.41) is 6.32. The molecule has 2 aliphatic heterocycles. The highest BCUT2D eigenvalue weighted by molar-refractivity contribution is 6.31. The highest BCUT2D eigenvalue weighted by Gasteiger charge is 2.27. The third-order valence-corrected chi connectivity index (χ3v) is 7.17. The first-order chi connectivity index (χ1) is 17.6. The predicted molar refractivity (Wildman–Crippen MR) is 140 cm³/mol. The van der Waals surface area contributed by atoms with Gasteiger partial charge in [0.1, 0.15) is 12.4 Å². The number of rotatable bonds is 4. The number of nitrogens with two attached hydrogens (primary N) is 1. The van der Waals surface area contributed by atoms with Gasteiger partial charge in [0.05, 0.1) is 24.7 Å². The summed E-state index contributed by atoms with van der Waals surface area (Å²) in [5.74, 6) is -0.680. The molecule has 1 saturated heterocycles. The fourth-order valence-electron chi connectivity index (χ4n) is 4.50. The average molecular weight is 536 g/mol. The minimum atomic E-state index is -0.325. The van der Waals surface area contributed by atoms with E-state index in [0.29, 0.717) is 68.2 Å². The van der Waals surface area contributed by atoms with Gasteiger partial charge in [-0.25, -0.2) is 0 Å². The van der Waals surface area contributed by atoms with Crippen molar-refractivity contribution in [3.63, 3.8) is 0 Å². The van der Waals surface area contributed by atoms with Gasteiger partial charge in [-0.3, -0.25) is 24.1 Å². The van der Waals surface area contributed by atoms with Crippen molar-refractivity contribution >= 4 is 35.2 Å². The van der Waals surface area contributed by atoms with E-state index in [-0.39, 0.29) is 61.2 Å². The summed E-state index contributed by atoms with van der Waals surface area (Å²) < 4.78 is 5.96. The molecule has 2 aliphatic rings. The average Bonchev–Trinajstić information content (AvgIpc) is 2.86.